The molecule has 5 nitrogen and oxygen atoms in total. The molecule has 0 bridgehead atoms. The molecule has 2 heterocycles. The van der Waals surface area contributed by atoms with E-state index in [9.17, 15) is 26.4 Å². The lowest BCUT2D eigenvalue weighted by Crippen LogP contribution is -2.45. The van der Waals surface area contributed by atoms with E-state index in [2.05, 4.69) is 0 Å². The largest absolute Gasteiger partial charge is 0.417 e. The summed E-state index contributed by atoms with van der Waals surface area (Å²) in [6, 6.07) is 4.25. The van der Waals surface area contributed by atoms with Crippen LogP contribution < -0.4 is 0 Å². The fourth-order valence-electron chi connectivity index (χ4n) is 4.13. The van der Waals surface area contributed by atoms with E-state index < -0.39 is 26.7 Å². The maximum absolute atomic E-state index is 13.2. The summed E-state index contributed by atoms with van der Waals surface area (Å²) in [5.41, 5.74) is -1.15. The van der Waals surface area contributed by atoms with Crippen LogP contribution in [0.4, 0.5) is 13.2 Å². The van der Waals surface area contributed by atoms with E-state index in [-0.39, 0.29) is 24.9 Å². The Hall–Kier alpha value is -1.61. The molecule has 2 aliphatic heterocycles. The summed E-state index contributed by atoms with van der Waals surface area (Å²) in [5.74, 6) is -0.210. The van der Waals surface area contributed by atoms with Gasteiger partial charge in [0.05, 0.1) is 10.5 Å². The lowest BCUT2D eigenvalue weighted by atomic mass is 9.95. The number of benzene rings is 1. The SMILES string of the molecule is O=C(C1CCN(S(=O)(=O)c2ccccc2C(F)(F)F)CC1)N1CCCCCCC1. The maximum atomic E-state index is 13.2. The molecule has 0 aliphatic carbocycles. The molecule has 0 N–H and O–H groups in total. The lowest BCUT2D eigenvalue weighted by Gasteiger charge is -2.34. The van der Waals surface area contributed by atoms with Crippen LogP contribution >= 0.6 is 0 Å². The molecule has 162 valence electrons. The first kappa shape index (κ1) is 22.1. The number of sulfonamides is 1. The summed E-state index contributed by atoms with van der Waals surface area (Å²) in [7, 11) is -4.27. The Morgan fingerprint density at radius 2 is 1.45 bits per heavy atom. The van der Waals surface area contributed by atoms with Gasteiger partial charge in [-0.15, -0.1) is 0 Å². The van der Waals surface area contributed by atoms with Gasteiger partial charge in [0.25, 0.3) is 0 Å². The van der Waals surface area contributed by atoms with Crippen molar-refractivity contribution in [2.75, 3.05) is 26.2 Å². The number of carbonyl (C=O) groups excluding carboxylic acids is 1. The van der Waals surface area contributed by atoms with Crippen LogP contribution in [0.3, 0.4) is 0 Å². The smallest absolute Gasteiger partial charge is 0.342 e. The summed E-state index contributed by atoms with van der Waals surface area (Å²) < 4.78 is 66.5. The minimum Gasteiger partial charge on any atom is -0.342 e. The van der Waals surface area contributed by atoms with Gasteiger partial charge in [-0.25, -0.2) is 8.42 Å². The molecule has 0 aromatic heterocycles. The molecule has 0 atom stereocenters. The first-order chi connectivity index (χ1) is 13.7. The minimum absolute atomic E-state index is 0.0543. The molecule has 0 saturated carbocycles. The maximum Gasteiger partial charge on any atom is 0.417 e. The minimum atomic E-state index is -4.75. The summed E-state index contributed by atoms with van der Waals surface area (Å²) >= 11 is 0. The van der Waals surface area contributed by atoms with Gasteiger partial charge in [0, 0.05) is 32.1 Å². The van der Waals surface area contributed by atoms with E-state index in [1.54, 1.807) is 0 Å². The molecule has 1 amide bonds. The third-order valence-electron chi connectivity index (χ3n) is 5.78. The Morgan fingerprint density at radius 3 is 2.03 bits per heavy atom. The van der Waals surface area contributed by atoms with Gasteiger partial charge in [-0.2, -0.15) is 17.5 Å². The van der Waals surface area contributed by atoms with Gasteiger partial charge in [-0.05, 0) is 37.8 Å². The zero-order chi connectivity index (χ0) is 21.1. The second-order valence-corrected chi connectivity index (χ2v) is 9.67. The zero-order valence-electron chi connectivity index (χ0n) is 16.3. The number of hydrogen-bond donors (Lipinski definition) is 0. The van der Waals surface area contributed by atoms with E-state index in [1.807, 2.05) is 4.90 Å². The van der Waals surface area contributed by atoms with Crippen molar-refractivity contribution in [2.45, 2.75) is 56.0 Å². The average Bonchev–Trinajstić information content (AvgIpc) is 2.67. The van der Waals surface area contributed by atoms with Crippen LogP contribution in [0.15, 0.2) is 29.2 Å². The molecule has 0 radical (unpaired) electrons. The molecule has 29 heavy (non-hydrogen) atoms. The standard InChI is InChI=1S/C20H27F3N2O3S/c21-20(22,23)17-8-4-5-9-18(17)29(27,28)25-14-10-16(11-15-25)19(26)24-12-6-2-1-3-7-13-24/h4-5,8-9,16H,1-3,6-7,10-15H2. The number of hydrogen-bond acceptors (Lipinski definition) is 3. The third-order valence-corrected chi connectivity index (χ3v) is 7.74. The summed E-state index contributed by atoms with van der Waals surface area (Å²) in [6.45, 7) is 1.57. The molecule has 9 heteroatoms. The van der Waals surface area contributed by atoms with Crippen molar-refractivity contribution < 1.29 is 26.4 Å². The molecule has 1 aromatic rings. The molecule has 1 aromatic carbocycles. The fraction of sp³-hybridized carbons (Fsp3) is 0.650. The van der Waals surface area contributed by atoms with Crippen LogP contribution in [0.5, 0.6) is 0 Å². The average molecular weight is 433 g/mol. The van der Waals surface area contributed by atoms with E-state index in [4.69, 9.17) is 0 Å². The molecular formula is C20H27F3N2O3S. The highest BCUT2D eigenvalue weighted by molar-refractivity contribution is 7.89. The number of nitrogens with zero attached hydrogens (tertiary/aromatic N) is 2. The highest BCUT2D eigenvalue weighted by atomic mass is 32.2. The van der Waals surface area contributed by atoms with Crippen molar-refractivity contribution in [2.24, 2.45) is 5.92 Å². The molecule has 3 rings (SSSR count). The van der Waals surface area contributed by atoms with Crippen molar-refractivity contribution in [1.82, 2.24) is 9.21 Å². The van der Waals surface area contributed by atoms with Gasteiger partial charge in [-0.1, -0.05) is 31.4 Å². The molecule has 0 spiro atoms. The van der Waals surface area contributed by atoms with Gasteiger partial charge in [-0.3, -0.25) is 4.79 Å². The van der Waals surface area contributed by atoms with Crippen molar-refractivity contribution in [3.8, 4) is 0 Å². The highest BCUT2D eigenvalue weighted by Crippen LogP contribution is 2.36. The van der Waals surface area contributed by atoms with Gasteiger partial charge in [0.2, 0.25) is 15.9 Å². The topological polar surface area (TPSA) is 57.7 Å². The van der Waals surface area contributed by atoms with E-state index in [1.165, 1.54) is 18.6 Å². The number of alkyl halides is 3. The summed E-state index contributed by atoms with van der Waals surface area (Å²) in [6.07, 6.45) is 1.30. The lowest BCUT2D eigenvalue weighted by molar-refractivity contribution is -0.140. The Morgan fingerprint density at radius 1 is 0.897 bits per heavy atom. The number of piperidine rings is 1. The first-order valence-corrected chi connectivity index (χ1v) is 11.6. The van der Waals surface area contributed by atoms with Crippen molar-refractivity contribution in [1.29, 1.82) is 0 Å². The molecule has 0 unspecified atom stereocenters. The van der Waals surface area contributed by atoms with E-state index in [0.29, 0.717) is 12.8 Å². The molecular weight excluding hydrogens is 405 g/mol. The number of halogens is 3. The van der Waals surface area contributed by atoms with Crippen molar-refractivity contribution in [3.63, 3.8) is 0 Å². The Bertz CT molecular complexity index is 811. The fourth-order valence-corrected chi connectivity index (χ4v) is 5.82. The van der Waals surface area contributed by atoms with Crippen molar-refractivity contribution >= 4 is 15.9 Å². The quantitative estimate of drug-likeness (QED) is 0.728. The molecule has 2 fully saturated rings. The first-order valence-electron chi connectivity index (χ1n) is 10.2. The number of carbonyl (C=O) groups is 1. The number of likely N-dealkylation sites (tertiary alicyclic amines) is 1. The second-order valence-electron chi connectivity index (χ2n) is 7.77. The zero-order valence-corrected chi connectivity index (χ0v) is 17.1. The Balaban J connectivity index is 1.68. The predicted octanol–water partition coefficient (Wildman–Crippen LogP) is 3.90. The van der Waals surface area contributed by atoms with Gasteiger partial charge in [0.1, 0.15) is 0 Å². The summed E-state index contributed by atoms with van der Waals surface area (Å²) in [4.78, 5) is 14.0. The highest BCUT2D eigenvalue weighted by Gasteiger charge is 2.40. The monoisotopic (exact) mass is 432 g/mol. The van der Waals surface area contributed by atoms with Gasteiger partial charge >= 0.3 is 6.18 Å². The Kier molecular flexibility index (Phi) is 6.88. The number of rotatable bonds is 3. The van der Waals surface area contributed by atoms with Crippen LogP contribution in [0, 0.1) is 5.92 Å². The van der Waals surface area contributed by atoms with Crippen molar-refractivity contribution in [3.05, 3.63) is 29.8 Å². The van der Waals surface area contributed by atoms with Crippen LogP contribution in [0.2, 0.25) is 0 Å². The van der Waals surface area contributed by atoms with Gasteiger partial charge in [0.15, 0.2) is 0 Å². The summed E-state index contributed by atoms with van der Waals surface area (Å²) in [5, 5.41) is 0. The second kappa shape index (κ2) is 9.04. The van der Waals surface area contributed by atoms with Crippen LogP contribution in [-0.4, -0.2) is 49.7 Å². The van der Waals surface area contributed by atoms with E-state index >= 15 is 0 Å². The van der Waals surface area contributed by atoms with Gasteiger partial charge < -0.3 is 4.90 Å². The van der Waals surface area contributed by atoms with Crippen LogP contribution in [0.25, 0.3) is 0 Å². The predicted molar refractivity (Wildman–Crippen MR) is 103 cm³/mol. The number of amides is 1. The van der Waals surface area contributed by atoms with Crippen LogP contribution in [-0.2, 0) is 21.0 Å². The third kappa shape index (κ3) is 5.12. The van der Waals surface area contributed by atoms with Crippen LogP contribution in [0.1, 0.15) is 50.5 Å². The van der Waals surface area contributed by atoms with E-state index in [0.717, 1.165) is 55.2 Å². The Labute approximate surface area is 169 Å². The molecule has 2 saturated heterocycles. The normalized spacial score (nSPS) is 20.9. The molecule has 2 aliphatic rings.